The summed E-state index contributed by atoms with van der Waals surface area (Å²) >= 11 is 7.79. The summed E-state index contributed by atoms with van der Waals surface area (Å²) in [6.45, 7) is 8.51. The topological polar surface area (TPSA) is 69.2 Å². The standard InChI is InChI=1S/C22H20ClN3O2S.Lr/c1-5-24-17(27)10-16-21-19(12(3)26-28-21)22-18(11(2)13(4)29-22)20(25-16)14-6-8-15(23)9-7-14;/h6-10H,5H2,1-4H3,(H,24,27);. The normalized spacial score (nSPS) is 12.0. The maximum absolute atomic E-state index is 12.3. The number of thiophene rings is 1. The van der Waals surface area contributed by atoms with Crippen LogP contribution in [-0.2, 0) is 4.79 Å². The van der Waals surface area contributed by atoms with Crippen molar-refractivity contribution in [1.82, 2.24) is 15.1 Å². The van der Waals surface area contributed by atoms with Crippen LogP contribution in [0.25, 0.3) is 10.4 Å². The van der Waals surface area contributed by atoms with Gasteiger partial charge < -0.3 is 9.84 Å². The second-order valence-corrected chi connectivity index (χ2v) is 8.51. The molecule has 0 unspecified atom stereocenters. The minimum atomic E-state index is -0.222. The second-order valence-electron chi connectivity index (χ2n) is 6.85. The number of amides is 1. The zero-order chi connectivity index (χ0) is 20.7. The maximum atomic E-state index is 12.3. The second kappa shape index (κ2) is 7.91. The third-order valence-corrected chi connectivity index (χ3v) is 6.39. The van der Waals surface area contributed by atoms with Gasteiger partial charge in [-0.15, -0.1) is 21.2 Å². The minimum Gasteiger partial charge on any atom is -0.441 e. The summed E-state index contributed by atoms with van der Waals surface area (Å²) in [5, 5.41) is 7.61. The Kier molecular flexibility index (Phi) is 5.52. The van der Waals surface area contributed by atoms with Crippen LogP contribution in [0.15, 0.2) is 28.8 Å². The third kappa shape index (κ3) is 3.37. The summed E-state index contributed by atoms with van der Waals surface area (Å²) in [5.41, 5.74) is 6.04. The molecule has 0 fully saturated rings. The minimum absolute atomic E-state index is 0. The molecule has 0 atom stereocenters. The molecule has 0 saturated carbocycles. The summed E-state index contributed by atoms with van der Waals surface area (Å²) in [6, 6.07) is 7.57. The van der Waals surface area contributed by atoms with Crippen LogP contribution in [0.2, 0.25) is 5.02 Å². The Morgan fingerprint density at radius 1 is 1.23 bits per heavy atom. The van der Waals surface area contributed by atoms with Crippen LogP contribution in [0.4, 0.5) is 0 Å². The van der Waals surface area contributed by atoms with Crippen molar-refractivity contribution < 1.29 is 9.32 Å². The van der Waals surface area contributed by atoms with E-state index in [0.29, 0.717) is 23.0 Å². The average Bonchev–Trinajstić information content (AvgIpc) is 3.15. The number of halogens is 1. The number of nitrogens with one attached hydrogen (secondary N) is 1. The predicted molar refractivity (Wildman–Crippen MR) is 118 cm³/mol. The first kappa shape index (κ1) is 20.9. The van der Waals surface area contributed by atoms with Crippen LogP contribution in [0, 0.1) is 27.2 Å². The first-order valence-electron chi connectivity index (χ1n) is 9.32. The van der Waals surface area contributed by atoms with Crippen molar-refractivity contribution in [2.45, 2.75) is 27.7 Å². The zero-order valence-electron chi connectivity index (χ0n) is 16.8. The molecule has 1 amide bonds. The van der Waals surface area contributed by atoms with Gasteiger partial charge in [0.1, 0.15) is 5.76 Å². The first-order valence-corrected chi connectivity index (χ1v) is 10.5. The molecule has 163 valence electrons. The van der Waals surface area contributed by atoms with Crippen molar-refractivity contribution in [3.8, 4) is 10.4 Å². The van der Waals surface area contributed by atoms with E-state index >= 15 is 0 Å². The van der Waals surface area contributed by atoms with Gasteiger partial charge in [-0.05, 0) is 63.1 Å². The third-order valence-electron chi connectivity index (χ3n) is 4.91. The Labute approximate surface area is 178 Å². The van der Waals surface area contributed by atoms with E-state index in [4.69, 9.17) is 20.8 Å². The molecule has 4 rings (SSSR count). The van der Waals surface area contributed by atoms with Crippen LogP contribution in [0.1, 0.15) is 39.9 Å². The molecule has 30 heavy (non-hydrogen) atoms. The number of benzene rings is 1. The molecule has 1 radical (unpaired) electrons. The molecule has 3 heterocycles. The molecule has 1 N–H and O–H groups in total. The summed E-state index contributed by atoms with van der Waals surface area (Å²) in [4.78, 5) is 14.6. The number of rotatable bonds is 4. The van der Waals surface area contributed by atoms with Crippen LogP contribution in [-0.4, -0.2) is 29.0 Å². The zero-order valence-corrected chi connectivity index (χ0v) is 20.6. The number of hydrogen-bond acceptors (Lipinski definition) is 4. The van der Waals surface area contributed by atoms with E-state index in [1.807, 2.05) is 38.1 Å². The maximum Gasteiger partial charge on any atom is 0.339 e. The fourth-order valence-corrected chi connectivity index (χ4v) is 4.77. The van der Waals surface area contributed by atoms with Crippen molar-refractivity contribution >= 4 is 40.3 Å². The summed E-state index contributed by atoms with van der Waals surface area (Å²) in [6.07, 6.45) is 1.47. The van der Waals surface area contributed by atoms with Gasteiger partial charge in [0.15, 0.2) is 5.91 Å². The van der Waals surface area contributed by atoms with E-state index in [1.165, 1.54) is 11.3 Å². The van der Waals surface area contributed by atoms with Gasteiger partial charge in [0.2, 0.25) is 5.71 Å². The van der Waals surface area contributed by atoms with Crippen molar-refractivity contribution in [3.05, 3.63) is 68.7 Å². The van der Waals surface area contributed by atoms with Gasteiger partial charge in [-0.25, -0.2) is 0 Å². The summed E-state index contributed by atoms with van der Waals surface area (Å²) < 4.78 is 10.6. The molecule has 0 saturated heterocycles. The van der Waals surface area contributed by atoms with Gasteiger partial charge in [-0.1, -0.05) is 18.0 Å². The Morgan fingerprint density at radius 2 is 1.93 bits per heavy atom. The molecule has 0 bridgehead atoms. The SMILES string of the molecule is CCNC(=O)[CH-]C1=[N+]=C(c2ccc(Cl)cc2)c2c(sc(C)c2C)-c2c(C)noc21.[Lr]. The summed E-state index contributed by atoms with van der Waals surface area (Å²) in [7, 11) is 0. The summed E-state index contributed by atoms with van der Waals surface area (Å²) in [5.74, 6) is 0.292. The number of aromatic nitrogens is 1. The smallest absolute Gasteiger partial charge is 0.339 e. The van der Waals surface area contributed by atoms with E-state index in [0.717, 1.165) is 38.5 Å². The fraction of sp³-hybridized carbons (Fsp3) is 0.227. The van der Waals surface area contributed by atoms with E-state index < -0.39 is 0 Å². The van der Waals surface area contributed by atoms with Crippen molar-refractivity contribution in [2.24, 2.45) is 0 Å². The predicted octanol–water partition coefficient (Wildman–Crippen LogP) is 4.03. The van der Waals surface area contributed by atoms with E-state index in [-0.39, 0.29) is 5.91 Å². The van der Waals surface area contributed by atoms with E-state index in [9.17, 15) is 4.79 Å². The van der Waals surface area contributed by atoms with Gasteiger partial charge >= 0.3 is 5.71 Å². The molecule has 3 aromatic rings. The number of carbonyl (C=O) groups excluding carboxylic acids is 1. The van der Waals surface area contributed by atoms with Crippen LogP contribution in [0.5, 0.6) is 0 Å². The number of hydrogen-bond donors (Lipinski definition) is 1. The largest absolute Gasteiger partial charge is 0.441 e. The van der Waals surface area contributed by atoms with E-state index in [2.05, 4.69) is 24.3 Å². The van der Waals surface area contributed by atoms with Crippen molar-refractivity contribution in [1.29, 1.82) is 0 Å². The van der Waals surface area contributed by atoms with Gasteiger partial charge in [0.05, 0.1) is 16.8 Å². The van der Waals surface area contributed by atoms with Gasteiger partial charge in [-0.2, -0.15) is 0 Å². The quantitative estimate of drug-likeness (QED) is 0.333. The van der Waals surface area contributed by atoms with Crippen LogP contribution < -0.4 is 9.98 Å². The molecule has 1 aliphatic heterocycles. The molecular formula is C22H20ClLrN3O2S. The Hall–Kier alpha value is -3.79. The first-order chi connectivity index (χ1) is 13.9. The molecule has 8 heteroatoms. The fourth-order valence-electron chi connectivity index (χ4n) is 3.39. The average molecular weight is 688 g/mol. The van der Waals surface area contributed by atoms with Gasteiger partial charge in [0, 0.05) is 21.3 Å². The van der Waals surface area contributed by atoms with Gasteiger partial charge in [-0.3, -0.25) is 4.79 Å². The molecule has 0 aliphatic carbocycles. The van der Waals surface area contributed by atoms with Gasteiger partial charge in [0.25, 0.3) is 0 Å². The Bertz CT molecular complexity index is 1190. The number of fused-ring (bicyclic) bond motifs is 3. The Balaban J connectivity index is 0.00000256. The Morgan fingerprint density at radius 3 is 2.60 bits per heavy atom. The molecule has 0 spiro atoms. The number of carbonyl (C=O) groups is 1. The van der Waals surface area contributed by atoms with Crippen LogP contribution in [0.3, 0.4) is 0 Å². The van der Waals surface area contributed by atoms with Crippen LogP contribution >= 0.6 is 22.9 Å². The molecular weight excluding hydrogens is 668 g/mol. The molecule has 2 aromatic heterocycles. The van der Waals surface area contributed by atoms with Crippen molar-refractivity contribution in [2.75, 3.05) is 6.54 Å². The van der Waals surface area contributed by atoms with E-state index in [1.54, 1.807) is 11.3 Å². The van der Waals surface area contributed by atoms with Crippen molar-refractivity contribution in [3.63, 3.8) is 0 Å². The molecule has 5 nitrogen and oxygen atoms in total. The molecule has 1 aliphatic rings. The number of nitrogens with zero attached hydrogens (tertiary/aromatic N) is 2. The molecule has 1 aromatic carbocycles. The monoisotopic (exact) mass is 687 g/mol. The number of aryl methyl sites for hydroxylation is 2.